The van der Waals surface area contributed by atoms with Crippen LogP contribution in [-0.4, -0.2) is 25.4 Å². The third kappa shape index (κ3) is 2.65. The lowest BCUT2D eigenvalue weighted by Gasteiger charge is -2.10. The van der Waals surface area contributed by atoms with Gasteiger partial charge in [-0.25, -0.2) is 4.98 Å². The number of aromatic nitrogens is 5. The van der Waals surface area contributed by atoms with Gasteiger partial charge in [-0.15, -0.1) is 0 Å². The molecule has 0 bridgehead atoms. The maximum Gasteiger partial charge on any atom is 0.271 e. The first-order valence-electron chi connectivity index (χ1n) is 8.57. The monoisotopic (exact) mass is 356 g/mol. The number of aromatic amines is 3. The highest BCUT2D eigenvalue weighted by Crippen LogP contribution is 2.30. The summed E-state index contributed by atoms with van der Waals surface area (Å²) >= 11 is 0. The van der Waals surface area contributed by atoms with E-state index in [2.05, 4.69) is 25.7 Å². The molecule has 0 saturated heterocycles. The summed E-state index contributed by atoms with van der Waals surface area (Å²) in [5, 5.41) is 18.6. The zero-order chi connectivity index (χ0) is 18.4. The predicted molar refractivity (Wildman–Crippen MR) is 106 cm³/mol. The predicted octanol–water partition coefficient (Wildman–Crippen LogP) is 3.85. The van der Waals surface area contributed by atoms with Crippen LogP contribution in [0.15, 0.2) is 59.4 Å². The van der Waals surface area contributed by atoms with Crippen LogP contribution in [0.2, 0.25) is 0 Å². The molecular weight excluding hydrogens is 340 g/mol. The number of hydrogen-bond acceptors (Lipinski definition) is 4. The highest BCUT2D eigenvalue weighted by atomic mass is 16.1. The minimum atomic E-state index is -0.141. The standard InChI is InChI=1S/C20H16N6O/c1-11-8-18(25-23-11)22-19-14-5-3-2-4-12(14)10-17(21-19)13-6-7-16-15(9-13)20(27)26-24-16/h2-10H,1H3,(H2,24,26,27)(H2,21,22,23,25). The Balaban J connectivity index is 1.69. The lowest BCUT2D eigenvalue weighted by molar-refractivity contribution is 1.05. The van der Waals surface area contributed by atoms with Crippen molar-refractivity contribution in [2.75, 3.05) is 5.32 Å². The van der Waals surface area contributed by atoms with E-state index in [1.165, 1.54) is 0 Å². The maximum atomic E-state index is 12.0. The average molecular weight is 356 g/mol. The third-order valence-corrected chi connectivity index (χ3v) is 4.56. The van der Waals surface area contributed by atoms with Crippen LogP contribution in [0.1, 0.15) is 5.69 Å². The number of nitrogens with zero attached hydrogens (tertiary/aromatic N) is 2. The van der Waals surface area contributed by atoms with Crippen molar-refractivity contribution >= 4 is 33.3 Å². The molecule has 5 aromatic rings. The van der Waals surface area contributed by atoms with Crippen LogP contribution in [0.4, 0.5) is 11.6 Å². The number of nitrogens with one attached hydrogen (secondary N) is 4. The number of hydrogen-bond donors (Lipinski definition) is 4. The van der Waals surface area contributed by atoms with Crippen molar-refractivity contribution in [3.8, 4) is 11.3 Å². The second-order valence-electron chi connectivity index (χ2n) is 6.48. The fourth-order valence-corrected chi connectivity index (χ4v) is 3.24. The van der Waals surface area contributed by atoms with Crippen molar-refractivity contribution < 1.29 is 0 Å². The van der Waals surface area contributed by atoms with Gasteiger partial charge in [0, 0.05) is 22.7 Å². The molecule has 0 amide bonds. The fraction of sp³-hybridized carbons (Fsp3) is 0.0500. The van der Waals surface area contributed by atoms with E-state index in [1.54, 1.807) is 0 Å². The number of anilines is 2. The molecule has 0 aliphatic heterocycles. The lowest BCUT2D eigenvalue weighted by Crippen LogP contribution is -1.99. The van der Waals surface area contributed by atoms with Gasteiger partial charge >= 0.3 is 0 Å². The molecule has 5 rings (SSSR count). The Bertz CT molecular complexity index is 1340. The number of fused-ring (bicyclic) bond motifs is 2. The fourth-order valence-electron chi connectivity index (χ4n) is 3.24. The summed E-state index contributed by atoms with van der Waals surface area (Å²) in [6.07, 6.45) is 0. The first-order chi connectivity index (χ1) is 13.2. The number of rotatable bonds is 3. The molecular formula is C20H16N6O. The number of pyridine rings is 1. The van der Waals surface area contributed by atoms with Crippen molar-refractivity contribution in [2.24, 2.45) is 0 Å². The highest BCUT2D eigenvalue weighted by Gasteiger charge is 2.11. The van der Waals surface area contributed by atoms with E-state index in [0.717, 1.165) is 39.1 Å². The summed E-state index contributed by atoms with van der Waals surface area (Å²) in [7, 11) is 0. The summed E-state index contributed by atoms with van der Waals surface area (Å²) in [6.45, 7) is 1.95. The van der Waals surface area contributed by atoms with Crippen molar-refractivity contribution in [3.63, 3.8) is 0 Å². The summed E-state index contributed by atoms with van der Waals surface area (Å²) in [5.74, 6) is 1.43. The van der Waals surface area contributed by atoms with Crippen molar-refractivity contribution in [1.82, 2.24) is 25.4 Å². The summed E-state index contributed by atoms with van der Waals surface area (Å²) in [4.78, 5) is 16.8. The molecule has 0 atom stereocenters. The van der Waals surface area contributed by atoms with Gasteiger partial charge in [-0.3, -0.25) is 20.1 Å². The molecule has 0 aliphatic carbocycles. The number of aryl methyl sites for hydroxylation is 1. The van der Waals surface area contributed by atoms with Crippen LogP contribution in [0.25, 0.3) is 32.9 Å². The van der Waals surface area contributed by atoms with Gasteiger partial charge in [-0.1, -0.05) is 30.3 Å². The van der Waals surface area contributed by atoms with E-state index in [9.17, 15) is 4.79 Å². The minimum Gasteiger partial charge on any atom is -0.323 e. The van der Waals surface area contributed by atoms with Crippen molar-refractivity contribution in [1.29, 1.82) is 0 Å². The third-order valence-electron chi connectivity index (χ3n) is 4.56. The van der Waals surface area contributed by atoms with E-state index in [1.807, 2.05) is 61.5 Å². The van der Waals surface area contributed by atoms with Crippen LogP contribution < -0.4 is 10.9 Å². The SMILES string of the molecule is Cc1cc(Nc2nc(-c3ccc4[nH][nH]c(=O)c4c3)cc3ccccc23)n[nH]1. The Morgan fingerprint density at radius 1 is 0.963 bits per heavy atom. The van der Waals surface area contributed by atoms with Gasteiger partial charge in [0.25, 0.3) is 5.56 Å². The van der Waals surface area contributed by atoms with Crippen LogP contribution >= 0.6 is 0 Å². The van der Waals surface area contributed by atoms with Gasteiger partial charge in [0.05, 0.1) is 16.6 Å². The van der Waals surface area contributed by atoms with Gasteiger partial charge < -0.3 is 5.32 Å². The van der Waals surface area contributed by atoms with Gasteiger partial charge in [-0.05, 0) is 30.5 Å². The van der Waals surface area contributed by atoms with E-state index in [-0.39, 0.29) is 5.56 Å². The Labute approximate surface area is 153 Å². The van der Waals surface area contributed by atoms with E-state index in [4.69, 9.17) is 4.98 Å². The van der Waals surface area contributed by atoms with Crippen LogP contribution in [-0.2, 0) is 0 Å². The first-order valence-corrected chi connectivity index (χ1v) is 8.57. The van der Waals surface area contributed by atoms with Gasteiger partial charge in [0.2, 0.25) is 0 Å². The number of benzene rings is 2. The van der Waals surface area contributed by atoms with Crippen LogP contribution in [0.3, 0.4) is 0 Å². The second kappa shape index (κ2) is 5.84. The van der Waals surface area contributed by atoms with E-state index < -0.39 is 0 Å². The van der Waals surface area contributed by atoms with E-state index >= 15 is 0 Å². The maximum absolute atomic E-state index is 12.0. The van der Waals surface area contributed by atoms with Crippen LogP contribution in [0.5, 0.6) is 0 Å². The Morgan fingerprint density at radius 2 is 1.85 bits per heavy atom. The molecule has 2 aromatic carbocycles. The Morgan fingerprint density at radius 3 is 2.70 bits per heavy atom. The molecule has 3 aromatic heterocycles. The van der Waals surface area contributed by atoms with Gasteiger partial charge in [0.1, 0.15) is 5.82 Å². The first kappa shape index (κ1) is 15.4. The average Bonchev–Trinajstić information content (AvgIpc) is 3.27. The zero-order valence-electron chi connectivity index (χ0n) is 14.5. The summed E-state index contributed by atoms with van der Waals surface area (Å²) in [5.41, 5.74) is 3.26. The largest absolute Gasteiger partial charge is 0.323 e. The van der Waals surface area contributed by atoms with Gasteiger partial charge in [-0.2, -0.15) is 5.10 Å². The topological polar surface area (TPSA) is 102 Å². The van der Waals surface area contributed by atoms with Crippen molar-refractivity contribution in [3.05, 3.63) is 70.6 Å². The molecule has 27 heavy (non-hydrogen) atoms. The van der Waals surface area contributed by atoms with Crippen molar-refractivity contribution in [2.45, 2.75) is 6.92 Å². The molecule has 0 radical (unpaired) electrons. The van der Waals surface area contributed by atoms with E-state index in [0.29, 0.717) is 11.2 Å². The van der Waals surface area contributed by atoms with Crippen LogP contribution in [0, 0.1) is 6.92 Å². The smallest absolute Gasteiger partial charge is 0.271 e. The molecule has 0 saturated carbocycles. The normalized spacial score (nSPS) is 11.3. The molecule has 3 heterocycles. The molecule has 0 aliphatic rings. The Hall–Kier alpha value is -3.87. The summed E-state index contributed by atoms with van der Waals surface area (Å²) < 4.78 is 0. The molecule has 7 nitrogen and oxygen atoms in total. The molecule has 0 fully saturated rings. The number of H-pyrrole nitrogens is 3. The molecule has 0 unspecified atom stereocenters. The zero-order valence-corrected chi connectivity index (χ0v) is 14.5. The highest BCUT2D eigenvalue weighted by molar-refractivity contribution is 5.96. The molecule has 7 heteroatoms. The molecule has 0 spiro atoms. The Kier molecular flexibility index (Phi) is 3.33. The summed E-state index contributed by atoms with van der Waals surface area (Å²) in [6, 6.07) is 17.7. The molecule has 4 N–H and O–H groups in total. The lowest BCUT2D eigenvalue weighted by atomic mass is 10.1. The molecule has 132 valence electrons. The quantitative estimate of drug-likeness (QED) is 0.394. The minimum absolute atomic E-state index is 0.141. The second-order valence-corrected chi connectivity index (χ2v) is 6.48. The van der Waals surface area contributed by atoms with Gasteiger partial charge in [0.15, 0.2) is 5.82 Å².